The van der Waals surface area contributed by atoms with Gasteiger partial charge in [-0.2, -0.15) is 0 Å². The van der Waals surface area contributed by atoms with Crippen molar-refractivity contribution in [3.05, 3.63) is 0 Å². The first-order valence-corrected chi connectivity index (χ1v) is 6.38. The summed E-state index contributed by atoms with van der Waals surface area (Å²) in [5.74, 6) is 0. The lowest BCUT2D eigenvalue weighted by molar-refractivity contribution is -0.0291. The maximum atomic E-state index is 9.75. The van der Waals surface area contributed by atoms with Crippen molar-refractivity contribution in [2.45, 2.75) is 62.8 Å². The Labute approximate surface area is 91.4 Å². The molecule has 2 bridgehead atoms. The molecule has 3 aliphatic rings. The fourth-order valence-corrected chi connectivity index (χ4v) is 3.76. The van der Waals surface area contributed by atoms with Crippen LogP contribution >= 0.6 is 0 Å². The van der Waals surface area contributed by atoms with Crippen LogP contribution in [0.15, 0.2) is 0 Å². The van der Waals surface area contributed by atoms with Crippen LogP contribution in [0.3, 0.4) is 0 Å². The first kappa shape index (κ1) is 10.1. The maximum Gasteiger partial charge on any atom is 0.0570 e. The average Bonchev–Trinajstić information content (AvgIpc) is 2.53. The highest BCUT2D eigenvalue weighted by Gasteiger charge is 2.43. The molecule has 3 saturated heterocycles. The molecule has 3 heterocycles. The van der Waals surface area contributed by atoms with Gasteiger partial charge in [-0.15, -0.1) is 0 Å². The number of aliphatic hydroxyl groups excluding tert-OH is 1. The first-order chi connectivity index (χ1) is 7.34. The number of fused-ring (bicyclic) bond motifs is 2. The topological polar surface area (TPSA) is 32.7 Å². The molecule has 3 rings (SSSR count). The average molecular weight is 211 g/mol. The molecule has 3 heteroatoms. The normalized spacial score (nSPS) is 43.4. The molecule has 0 aromatic rings. The Morgan fingerprint density at radius 1 is 0.867 bits per heavy atom. The highest BCUT2D eigenvalue weighted by Crippen LogP contribution is 2.39. The summed E-state index contributed by atoms with van der Waals surface area (Å²) in [5.41, 5.74) is 0. The van der Waals surface area contributed by atoms with Gasteiger partial charge in [0.05, 0.1) is 6.10 Å². The predicted octanol–water partition coefficient (Wildman–Crippen LogP) is 1.15. The number of piperidine rings is 1. The van der Waals surface area contributed by atoms with Crippen molar-refractivity contribution in [2.75, 3.05) is 13.2 Å². The summed E-state index contributed by atoms with van der Waals surface area (Å²) in [6.45, 7) is 1.87. The van der Waals surface area contributed by atoms with E-state index in [0.29, 0.717) is 12.1 Å². The van der Waals surface area contributed by atoms with E-state index in [9.17, 15) is 5.11 Å². The van der Waals surface area contributed by atoms with Crippen LogP contribution in [-0.2, 0) is 4.74 Å². The SMILES string of the molecule is OC1C[C@H]2CC[C@@H](C1)N2C1CCOCC1. The molecular formula is C12H21NO2. The van der Waals surface area contributed by atoms with Gasteiger partial charge in [0.25, 0.3) is 0 Å². The summed E-state index contributed by atoms with van der Waals surface area (Å²) in [6, 6.07) is 2.08. The second-order valence-electron chi connectivity index (χ2n) is 5.30. The van der Waals surface area contributed by atoms with Crippen LogP contribution in [0, 0.1) is 0 Å². The minimum absolute atomic E-state index is 0.0291. The van der Waals surface area contributed by atoms with Gasteiger partial charge in [-0.25, -0.2) is 0 Å². The van der Waals surface area contributed by atoms with E-state index in [1.807, 2.05) is 0 Å². The monoisotopic (exact) mass is 211 g/mol. The fourth-order valence-electron chi connectivity index (χ4n) is 3.76. The van der Waals surface area contributed by atoms with Crippen molar-refractivity contribution in [1.29, 1.82) is 0 Å². The van der Waals surface area contributed by atoms with Gasteiger partial charge < -0.3 is 9.84 Å². The Hall–Kier alpha value is -0.120. The van der Waals surface area contributed by atoms with Crippen molar-refractivity contribution in [3.8, 4) is 0 Å². The van der Waals surface area contributed by atoms with E-state index in [0.717, 1.165) is 32.1 Å². The second-order valence-corrected chi connectivity index (χ2v) is 5.30. The molecule has 0 aromatic carbocycles. The molecular weight excluding hydrogens is 190 g/mol. The third-order valence-electron chi connectivity index (χ3n) is 4.38. The smallest absolute Gasteiger partial charge is 0.0570 e. The minimum atomic E-state index is -0.0291. The van der Waals surface area contributed by atoms with Crippen LogP contribution in [0.25, 0.3) is 0 Å². The zero-order valence-electron chi connectivity index (χ0n) is 9.27. The molecule has 1 unspecified atom stereocenters. The largest absolute Gasteiger partial charge is 0.393 e. The fraction of sp³-hybridized carbons (Fsp3) is 1.00. The number of hydrogen-bond acceptors (Lipinski definition) is 3. The highest BCUT2D eigenvalue weighted by atomic mass is 16.5. The Bertz CT molecular complexity index is 214. The Morgan fingerprint density at radius 2 is 1.47 bits per heavy atom. The minimum Gasteiger partial charge on any atom is -0.393 e. The molecule has 0 aromatic heterocycles. The van der Waals surface area contributed by atoms with E-state index >= 15 is 0 Å². The van der Waals surface area contributed by atoms with Crippen molar-refractivity contribution < 1.29 is 9.84 Å². The van der Waals surface area contributed by atoms with Crippen molar-refractivity contribution in [1.82, 2.24) is 4.90 Å². The molecule has 86 valence electrons. The number of nitrogens with zero attached hydrogens (tertiary/aromatic N) is 1. The zero-order chi connectivity index (χ0) is 10.3. The molecule has 1 N–H and O–H groups in total. The lowest BCUT2D eigenvalue weighted by atomic mass is 9.95. The van der Waals surface area contributed by atoms with Gasteiger partial charge in [-0.1, -0.05) is 0 Å². The lowest BCUT2D eigenvalue weighted by Gasteiger charge is -2.43. The zero-order valence-corrected chi connectivity index (χ0v) is 9.27. The quantitative estimate of drug-likeness (QED) is 0.706. The van der Waals surface area contributed by atoms with Crippen LogP contribution < -0.4 is 0 Å². The van der Waals surface area contributed by atoms with Crippen molar-refractivity contribution >= 4 is 0 Å². The van der Waals surface area contributed by atoms with Crippen LogP contribution in [-0.4, -0.2) is 47.4 Å². The number of hydrogen-bond donors (Lipinski definition) is 1. The van der Waals surface area contributed by atoms with Crippen molar-refractivity contribution in [3.63, 3.8) is 0 Å². The number of ether oxygens (including phenoxy) is 1. The van der Waals surface area contributed by atoms with Crippen LogP contribution in [0.4, 0.5) is 0 Å². The molecule has 3 nitrogen and oxygen atoms in total. The van der Waals surface area contributed by atoms with Crippen LogP contribution in [0.5, 0.6) is 0 Å². The third-order valence-corrected chi connectivity index (χ3v) is 4.38. The predicted molar refractivity (Wildman–Crippen MR) is 57.7 cm³/mol. The van der Waals surface area contributed by atoms with E-state index in [2.05, 4.69) is 4.90 Å². The molecule has 15 heavy (non-hydrogen) atoms. The summed E-state index contributed by atoms with van der Waals surface area (Å²) < 4.78 is 5.43. The highest BCUT2D eigenvalue weighted by molar-refractivity contribution is 4.98. The van der Waals surface area contributed by atoms with E-state index in [1.54, 1.807) is 0 Å². The van der Waals surface area contributed by atoms with Gasteiger partial charge in [-0.05, 0) is 38.5 Å². The third kappa shape index (κ3) is 1.81. The number of rotatable bonds is 1. The molecule has 3 fully saturated rings. The van der Waals surface area contributed by atoms with E-state index in [4.69, 9.17) is 4.74 Å². The van der Waals surface area contributed by atoms with Gasteiger partial charge in [0.1, 0.15) is 0 Å². The molecule has 0 saturated carbocycles. The summed E-state index contributed by atoms with van der Waals surface area (Å²) in [5, 5.41) is 9.75. The van der Waals surface area contributed by atoms with Crippen LogP contribution in [0.1, 0.15) is 38.5 Å². The maximum absolute atomic E-state index is 9.75. The number of aliphatic hydroxyl groups is 1. The summed E-state index contributed by atoms with van der Waals surface area (Å²) in [7, 11) is 0. The lowest BCUT2D eigenvalue weighted by Crippen LogP contribution is -2.51. The standard InChI is InChI=1S/C12H21NO2/c14-12-7-10-1-2-11(8-12)13(10)9-3-5-15-6-4-9/h9-12,14H,1-8H2/t10-,11+,12?. The van der Waals surface area contributed by atoms with Crippen LogP contribution in [0.2, 0.25) is 0 Å². The molecule has 0 aliphatic carbocycles. The van der Waals surface area contributed by atoms with Gasteiger partial charge in [0, 0.05) is 31.3 Å². The Balaban J connectivity index is 1.70. The van der Waals surface area contributed by atoms with Gasteiger partial charge >= 0.3 is 0 Å². The molecule has 0 amide bonds. The molecule has 0 radical (unpaired) electrons. The van der Waals surface area contributed by atoms with Gasteiger partial charge in [0.2, 0.25) is 0 Å². The molecule has 3 aliphatic heterocycles. The van der Waals surface area contributed by atoms with E-state index in [-0.39, 0.29) is 6.10 Å². The van der Waals surface area contributed by atoms with Crippen molar-refractivity contribution in [2.24, 2.45) is 0 Å². The van der Waals surface area contributed by atoms with Gasteiger partial charge in [-0.3, -0.25) is 4.90 Å². The second kappa shape index (κ2) is 4.04. The molecule has 3 atom stereocenters. The summed E-state index contributed by atoms with van der Waals surface area (Å²) in [6.07, 6.45) is 6.99. The van der Waals surface area contributed by atoms with E-state index in [1.165, 1.54) is 25.7 Å². The summed E-state index contributed by atoms with van der Waals surface area (Å²) in [4.78, 5) is 2.72. The van der Waals surface area contributed by atoms with Gasteiger partial charge in [0.15, 0.2) is 0 Å². The Morgan fingerprint density at radius 3 is 2.07 bits per heavy atom. The van der Waals surface area contributed by atoms with E-state index < -0.39 is 0 Å². The first-order valence-electron chi connectivity index (χ1n) is 6.38. The summed E-state index contributed by atoms with van der Waals surface area (Å²) >= 11 is 0. The molecule has 0 spiro atoms. The Kier molecular flexibility index (Phi) is 2.71.